The third-order valence-corrected chi connectivity index (χ3v) is 6.99. The zero-order valence-electron chi connectivity index (χ0n) is 17.9. The van der Waals surface area contributed by atoms with Crippen LogP contribution < -0.4 is 0 Å². The number of aliphatic hydroxyl groups excluding tert-OH is 1. The molecule has 2 unspecified atom stereocenters. The van der Waals surface area contributed by atoms with Crippen molar-refractivity contribution in [3.8, 4) is 0 Å². The summed E-state index contributed by atoms with van der Waals surface area (Å²) in [5.41, 5.74) is 0. The smallest absolute Gasteiger partial charge is 0.306 e. The quantitative estimate of drug-likeness (QED) is 0.204. The number of esters is 1. The van der Waals surface area contributed by atoms with Crippen molar-refractivity contribution in [3.05, 3.63) is 12.2 Å². The summed E-state index contributed by atoms with van der Waals surface area (Å²) in [5.74, 6) is 2.23. The van der Waals surface area contributed by atoms with Gasteiger partial charge in [0.05, 0.1) is 13.0 Å². The van der Waals surface area contributed by atoms with E-state index in [1.165, 1.54) is 38.5 Å². The number of carbonyl (C=O) groups is 1. The molecule has 0 spiro atoms. The molecule has 1 N–H and O–H groups in total. The fourth-order valence-electron chi connectivity index (χ4n) is 3.54. The number of ether oxygens (including phenoxy) is 1. The topological polar surface area (TPSA) is 46.5 Å². The summed E-state index contributed by atoms with van der Waals surface area (Å²) in [6.45, 7) is 7.76. The van der Waals surface area contributed by atoms with Crippen molar-refractivity contribution in [1.82, 2.24) is 0 Å². The molecule has 0 aliphatic heterocycles. The highest BCUT2D eigenvalue weighted by Gasteiger charge is 2.28. The van der Waals surface area contributed by atoms with E-state index >= 15 is 0 Å². The van der Waals surface area contributed by atoms with Crippen LogP contribution in [0.25, 0.3) is 0 Å². The van der Waals surface area contributed by atoms with Gasteiger partial charge in [-0.1, -0.05) is 64.5 Å². The first-order valence-corrected chi connectivity index (χ1v) is 12.1. The maximum Gasteiger partial charge on any atom is 0.306 e. The Morgan fingerprint density at radius 3 is 2.33 bits per heavy atom. The largest absolute Gasteiger partial charge is 0.466 e. The second-order valence-corrected chi connectivity index (χ2v) is 10.1. The lowest BCUT2D eigenvalue weighted by atomic mass is 9.83. The first kappa shape index (κ1) is 24.6. The van der Waals surface area contributed by atoms with Crippen LogP contribution in [0.5, 0.6) is 0 Å². The number of aliphatic hydroxyl groups is 1. The minimum absolute atomic E-state index is 0.0463. The molecule has 3 nitrogen and oxygen atoms in total. The molecule has 158 valence electrons. The Morgan fingerprint density at radius 1 is 1.15 bits per heavy atom. The third-order valence-electron chi connectivity index (χ3n) is 5.58. The van der Waals surface area contributed by atoms with Crippen molar-refractivity contribution in [2.75, 3.05) is 19.0 Å². The number of thioether (sulfide) groups is 1. The lowest BCUT2D eigenvalue weighted by Crippen LogP contribution is -2.25. The molecule has 0 fully saturated rings. The van der Waals surface area contributed by atoms with E-state index in [0.717, 1.165) is 37.4 Å². The maximum absolute atomic E-state index is 11.9. The molecule has 0 aromatic rings. The van der Waals surface area contributed by atoms with E-state index in [2.05, 4.69) is 32.9 Å². The van der Waals surface area contributed by atoms with Crippen molar-refractivity contribution < 1.29 is 14.6 Å². The van der Waals surface area contributed by atoms with Crippen LogP contribution in [0, 0.1) is 11.8 Å². The van der Waals surface area contributed by atoms with Gasteiger partial charge in [-0.3, -0.25) is 4.79 Å². The normalized spacial score (nSPS) is 22.3. The van der Waals surface area contributed by atoms with Gasteiger partial charge in [0, 0.05) is 17.1 Å². The molecule has 0 aromatic heterocycles. The van der Waals surface area contributed by atoms with Crippen LogP contribution in [0.1, 0.15) is 91.4 Å². The Morgan fingerprint density at radius 2 is 1.78 bits per heavy atom. The fraction of sp³-hybridized carbons (Fsp3) is 0.870. The minimum Gasteiger partial charge on any atom is -0.466 e. The molecule has 0 radical (unpaired) electrons. The van der Waals surface area contributed by atoms with Crippen LogP contribution in [-0.2, 0) is 9.53 Å². The van der Waals surface area contributed by atoms with Crippen LogP contribution in [-0.4, -0.2) is 34.8 Å². The number of unbranched alkanes of at least 4 members (excludes halogenated alkanes) is 7. The van der Waals surface area contributed by atoms with Crippen LogP contribution in [0.2, 0.25) is 0 Å². The molecule has 2 atom stereocenters. The second kappa shape index (κ2) is 14.5. The molecule has 0 amide bonds. The van der Waals surface area contributed by atoms with Crippen LogP contribution in [0.15, 0.2) is 12.2 Å². The molecule has 4 heteroatoms. The third kappa shape index (κ3) is 11.8. The Labute approximate surface area is 171 Å². The summed E-state index contributed by atoms with van der Waals surface area (Å²) in [6.07, 6.45) is 16.8. The molecule has 1 aliphatic carbocycles. The number of hydrogen-bond donors (Lipinski definition) is 1. The fourth-order valence-corrected chi connectivity index (χ4v) is 4.71. The first-order chi connectivity index (χ1) is 13.0. The average Bonchev–Trinajstić information content (AvgIpc) is 2.63. The monoisotopic (exact) mass is 398 g/mol. The zero-order valence-corrected chi connectivity index (χ0v) is 18.7. The van der Waals surface area contributed by atoms with E-state index in [1.54, 1.807) is 0 Å². The van der Waals surface area contributed by atoms with Crippen molar-refractivity contribution in [1.29, 1.82) is 0 Å². The molecular weight excluding hydrogens is 356 g/mol. The van der Waals surface area contributed by atoms with Gasteiger partial charge < -0.3 is 9.84 Å². The van der Waals surface area contributed by atoms with Gasteiger partial charge in [-0.15, -0.1) is 0 Å². The lowest BCUT2D eigenvalue weighted by molar-refractivity contribution is -0.143. The predicted molar refractivity (Wildman–Crippen MR) is 117 cm³/mol. The Kier molecular flexibility index (Phi) is 13.2. The van der Waals surface area contributed by atoms with Gasteiger partial charge in [-0.05, 0) is 44.4 Å². The molecule has 1 aliphatic rings. The molecule has 27 heavy (non-hydrogen) atoms. The molecule has 1 rings (SSSR count). The van der Waals surface area contributed by atoms with Crippen LogP contribution >= 0.6 is 11.8 Å². The van der Waals surface area contributed by atoms with E-state index in [9.17, 15) is 4.79 Å². The summed E-state index contributed by atoms with van der Waals surface area (Å²) in [5, 5.41) is 8.73. The maximum atomic E-state index is 11.9. The van der Waals surface area contributed by atoms with Gasteiger partial charge in [-0.2, -0.15) is 11.8 Å². The van der Waals surface area contributed by atoms with E-state index < -0.39 is 0 Å². The number of rotatable bonds is 15. The summed E-state index contributed by atoms with van der Waals surface area (Å²) < 4.78 is 5.56. The Bertz CT molecular complexity index is 422. The summed E-state index contributed by atoms with van der Waals surface area (Å²) in [7, 11) is 0. The zero-order chi connectivity index (χ0) is 20.0. The standard InChI is InChI=1S/C23H42O3S/c1-20(2)21-12-15-23(3,16-13-21)27-19-14-22(25)26-18-11-9-7-5-4-6-8-10-17-24/h12,15,20-21,24H,4-11,13-14,16-19H2,1-3H3. The Hall–Kier alpha value is -0.480. The molecule has 0 heterocycles. The number of allylic oxidation sites excluding steroid dienone is 1. The molecule has 0 saturated heterocycles. The van der Waals surface area contributed by atoms with Gasteiger partial charge >= 0.3 is 5.97 Å². The van der Waals surface area contributed by atoms with Gasteiger partial charge in [0.25, 0.3) is 0 Å². The van der Waals surface area contributed by atoms with Gasteiger partial charge in [0.15, 0.2) is 0 Å². The molecule has 0 bridgehead atoms. The highest BCUT2D eigenvalue weighted by molar-refractivity contribution is 8.00. The van der Waals surface area contributed by atoms with Crippen molar-refractivity contribution >= 4 is 17.7 Å². The predicted octanol–water partition coefficient (Wildman–Crippen LogP) is 6.15. The minimum atomic E-state index is -0.0463. The van der Waals surface area contributed by atoms with E-state index in [4.69, 9.17) is 9.84 Å². The van der Waals surface area contributed by atoms with Crippen molar-refractivity contribution in [3.63, 3.8) is 0 Å². The summed E-state index contributed by atoms with van der Waals surface area (Å²) >= 11 is 1.90. The summed E-state index contributed by atoms with van der Waals surface area (Å²) in [4.78, 5) is 11.9. The van der Waals surface area contributed by atoms with E-state index in [0.29, 0.717) is 25.6 Å². The first-order valence-electron chi connectivity index (χ1n) is 11.1. The highest BCUT2D eigenvalue weighted by atomic mass is 32.2. The van der Waals surface area contributed by atoms with E-state index in [1.807, 2.05) is 11.8 Å². The molecule has 0 saturated carbocycles. The van der Waals surface area contributed by atoms with Crippen LogP contribution in [0.4, 0.5) is 0 Å². The molecular formula is C23H42O3S. The van der Waals surface area contributed by atoms with Gasteiger partial charge in [0.1, 0.15) is 0 Å². The SMILES string of the molecule is CC(C)C1C=CC(C)(SCCC(=O)OCCCCCCCCCCO)CC1. The lowest BCUT2D eigenvalue weighted by Gasteiger charge is -2.33. The molecule has 0 aromatic carbocycles. The van der Waals surface area contributed by atoms with Crippen molar-refractivity contribution in [2.45, 2.75) is 96.1 Å². The van der Waals surface area contributed by atoms with E-state index in [-0.39, 0.29) is 10.7 Å². The second-order valence-electron chi connectivity index (χ2n) is 8.49. The summed E-state index contributed by atoms with van der Waals surface area (Å²) in [6, 6.07) is 0. The number of carbonyl (C=O) groups excluding carboxylic acids is 1. The highest BCUT2D eigenvalue weighted by Crippen LogP contribution is 2.39. The van der Waals surface area contributed by atoms with Crippen molar-refractivity contribution in [2.24, 2.45) is 11.8 Å². The van der Waals surface area contributed by atoms with Crippen LogP contribution in [0.3, 0.4) is 0 Å². The van der Waals surface area contributed by atoms with Gasteiger partial charge in [-0.25, -0.2) is 0 Å². The Balaban J connectivity index is 1.98. The van der Waals surface area contributed by atoms with Gasteiger partial charge in [0.2, 0.25) is 0 Å². The average molecular weight is 399 g/mol. The number of hydrogen-bond acceptors (Lipinski definition) is 4.